The average molecular weight is 393 g/mol. The molecule has 0 saturated heterocycles. The maximum absolute atomic E-state index is 12.8. The Morgan fingerprint density at radius 3 is 2.57 bits per heavy atom. The standard InChI is InChI=1S/C21H17ClN4O2/c1-26-18(22)12-23-19(26)13-24-20(27)15-9-5-6-10-16(15)21-25-11-17(28-21)14-7-3-2-4-8-14/h2-12H,13H2,1H3,(H,24,27). The van der Waals surface area contributed by atoms with Crippen LogP contribution in [0.1, 0.15) is 16.2 Å². The molecule has 6 nitrogen and oxygen atoms in total. The van der Waals surface area contributed by atoms with Crippen LogP contribution in [0.15, 0.2) is 71.4 Å². The highest BCUT2D eigenvalue weighted by Gasteiger charge is 2.17. The van der Waals surface area contributed by atoms with Gasteiger partial charge in [-0.15, -0.1) is 0 Å². The summed E-state index contributed by atoms with van der Waals surface area (Å²) in [6.07, 6.45) is 3.21. The van der Waals surface area contributed by atoms with Crippen LogP contribution in [-0.4, -0.2) is 20.4 Å². The van der Waals surface area contributed by atoms with Gasteiger partial charge in [0.25, 0.3) is 5.91 Å². The van der Waals surface area contributed by atoms with E-state index in [2.05, 4.69) is 15.3 Å². The zero-order valence-corrected chi connectivity index (χ0v) is 15.8. The van der Waals surface area contributed by atoms with Crippen LogP contribution >= 0.6 is 11.6 Å². The first-order chi connectivity index (χ1) is 13.6. The molecule has 0 fully saturated rings. The van der Waals surface area contributed by atoms with E-state index in [0.29, 0.717) is 33.8 Å². The molecule has 4 rings (SSSR count). The first-order valence-corrected chi connectivity index (χ1v) is 9.06. The highest BCUT2D eigenvalue weighted by molar-refractivity contribution is 6.29. The molecule has 2 heterocycles. The van der Waals surface area contributed by atoms with Gasteiger partial charge in [-0.25, -0.2) is 9.97 Å². The molecule has 7 heteroatoms. The summed E-state index contributed by atoms with van der Waals surface area (Å²) in [6, 6.07) is 16.9. The summed E-state index contributed by atoms with van der Waals surface area (Å²) in [5.74, 6) is 1.46. The van der Waals surface area contributed by atoms with Crippen molar-refractivity contribution in [2.45, 2.75) is 6.54 Å². The molecule has 0 radical (unpaired) electrons. The molecular weight excluding hydrogens is 376 g/mol. The summed E-state index contributed by atoms with van der Waals surface area (Å²) in [7, 11) is 1.79. The van der Waals surface area contributed by atoms with Crippen molar-refractivity contribution in [1.82, 2.24) is 19.9 Å². The van der Waals surface area contributed by atoms with Gasteiger partial charge < -0.3 is 14.3 Å². The molecular formula is C21H17ClN4O2. The third-order valence-corrected chi connectivity index (χ3v) is 4.75. The summed E-state index contributed by atoms with van der Waals surface area (Å²) in [5, 5.41) is 3.38. The van der Waals surface area contributed by atoms with Crippen LogP contribution in [0.3, 0.4) is 0 Å². The van der Waals surface area contributed by atoms with Gasteiger partial charge in [-0.2, -0.15) is 0 Å². The van der Waals surface area contributed by atoms with Gasteiger partial charge in [0.2, 0.25) is 5.89 Å². The van der Waals surface area contributed by atoms with Gasteiger partial charge >= 0.3 is 0 Å². The Hall–Kier alpha value is -3.38. The van der Waals surface area contributed by atoms with Crippen LogP contribution < -0.4 is 5.32 Å². The summed E-state index contributed by atoms with van der Waals surface area (Å²) in [4.78, 5) is 21.3. The first kappa shape index (κ1) is 18.0. The van der Waals surface area contributed by atoms with Gasteiger partial charge in [-0.3, -0.25) is 4.79 Å². The first-order valence-electron chi connectivity index (χ1n) is 8.68. The summed E-state index contributed by atoms with van der Waals surface area (Å²) < 4.78 is 7.62. The number of hydrogen-bond acceptors (Lipinski definition) is 4. The van der Waals surface area contributed by atoms with E-state index >= 15 is 0 Å². The molecule has 0 saturated carbocycles. The van der Waals surface area contributed by atoms with Gasteiger partial charge in [0.15, 0.2) is 5.76 Å². The molecule has 0 atom stereocenters. The van der Waals surface area contributed by atoms with Crippen LogP contribution in [-0.2, 0) is 13.6 Å². The van der Waals surface area contributed by atoms with E-state index in [0.717, 1.165) is 5.56 Å². The number of hydrogen-bond donors (Lipinski definition) is 1. The maximum Gasteiger partial charge on any atom is 0.252 e. The Kier molecular flexibility index (Phi) is 4.95. The number of carbonyl (C=O) groups is 1. The van der Waals surface area contributed by atoms with Crippen molar-refractivity contribution in [1.29, 1.82) is 0 Å². The fourth-order valence-electron chi connectivity index (χ4n) is 2.85. The number of carbonyl (C=O) groups excluding carboxylic acids is 1. The van der Waals surface area contributed by atoms with Crippen molar-refractivity contribution in [3.63, 3.8) is 0 Å². The van der Waals surface area contributed by atoms with E-state index in [9.17, 15) is 4.79 Å². The lowest BCUT2D eigenvalue weighted by atomic mass is 10.1. The molecule has 4 aromatic rings. The fourth-order valence-corrected chi connectivity index (χ4v) is 2.99. The molecule has 0 spiro atoms. The molecule has 0 aliphatic rings. The second-order valence-electron chi connectivity index (χ2n) is 6.18. The third-order valence-electron chi connectivity index (χ3n) is 4.40. The zero-order chi connectivity index (χ0) is 19.5. The Bertz CT molecular complexity index is 1120. The molecule has 140 valence electrons. The number of imidazole rings is 1. The van der Waals surface area contributed by atoms with E-state index in [4.69, 9.17) is 16.0 Å². The predicted octanol–water partition coefficient (Wildman–Crippen LogP) is 4.33. The maximum atomic E-state index is 12.8. The molecule has 1 N–H and O–H groups in total. The van der Waals surface area contributed by atoms with Gasteiger partial charge in [-0.1, -0.05) is 54.1 Å². The third kappa shape index (κ3) is 3.54. The molecule has 28 heavy (non-hydrogen) atoms. The van der Waals surface area contributed by atoms with Crippen molar-refractivity contribution in [2.24, 2.45) is 7.05 Å². The number of nitrogens with one attached hydrogen (secondary N) is 1. The van der Waals surface area contributed by atoms with Crippen molar-refractivity contribution in [2.75, 3.05) is 0 Å². The number of benzene rings is 2. The van der Waals surface area contributed by atoms with Crippen LogP contribution in [0.4, 0.5) is 0 Å². The Morgan fingerprint density at radius 2 is 1.82 bits per heavy atom. The van der Waals surface area contributed by atoms with Crippen molar-refractivity contribution in [3.05, 3.63) is 83.5 Å². The lowest BCUT2D eigenvalue weighted by molar-refractivity contribution is 0.0950. The van der Waals surface area contributed by atoms with E-state index in [1.165, 1.54) is 0 Å². The highest BCUT2D eigenvalue weighted by atomic mass is 35.5. The molecule has 0 aliphatic carbocycles. The number of oxazole rings is 1. The lowest BCUT2D eigenvalue weighted by Gasteiger charge is -2.08. The highest BCUT2D eigenvalue weighted by Crippen LogP contribution is 2.28. The monoisotopic (exact) mass is 392 g/mol. The summed E-state index contributed by atoms with van der Waals surface area (Å²) in [5.41, 5.74) is 2.03. The quantitative estimate of drug-likeness (QED) is 0.548. The number of halogens is 1. The van der Waals surface area contributed by atoms with Gasteiger partial charge in [0.05, 0.1) is 24.5 Å². The number of rotatable bonds is 5. The minimum Gasteiger partial charge on any atom is -0.436 e. The SMILES string of the molecule is Cn1c(Cl)cnc1CNC(=O)c1ccccc1-c1ncc(-c2ccccc2)o1. The molecule has 0 unspecified atom stereocenters. The smallest absolute Gasteiger partial charge is 0.252 e. The molecule has 2 aromatic heterocycles. The Labute approximate surface area is 166 Å². The fraction of sp³-hybridized carbons (Fsp3) is 0.0952. The second-order valence-corrected chi connectivity index (χ2v) is 6.57. The summed E-state index contributed by atoms with van der Waals surface area (Å²) >= 11 is 5.99. The minimum atomic E-state index is -0.241. The zero-order valence-electron chi connectivity index (χ0n) is 15.1. The molecule has 2 aromatic carbocycles. The normalized spacial score (nSPS) is 10.8. The summed E-state index contributed by atoms with van der Waals surface area (Å²) in [6.45, 7) is 0.261. The van der Waals surface area contributed by atoms with Crippen molar-refractivity contribution >= 4 is 17.5 Å². The van der Waals surface area contributed by atoms with Crippen molar-refractivity contribution in [3.8, 4) is 22.8 Å². The predicted molar refractivity (Wildman–Crippen MR) is 107 cm³/mol. The number of amides is 1. The van der Waals surface area contributed by atoms with Crippen LogP contribution in [0, 0.1) is 0 Å². The van der Waals surface area contributed by atoms with Gasteiger partial charge in [0, 0.05) is 18.2 Å². The van der Waals surface area contributed by atoms with E-state index in [-0.39, 0.29) is 12.5 Å². The lowest BCUT2D eigenvalue weighted by Crippen LogP contribution is -2.25. The van der Waals surface area contributed by atoms with Crippen LogP contribution in [0.25, 0.3) is 22.8 Å². The molecule has 0 aliphatic heterocycles. The van der Waals surface area contributed by atoms with Gasteiger partial charge in [0.1, 0.15) is 11.0 Å². The number of nitrogens with zero attached hydrogens (tertiary/aromatic N) is 3. The van der Waals surface area contributed by atoms with Crippen LogP contribution in [0.2, 0.25) is 5.15 Å². The van der Waals surface area contributed by atoms with E-state index in [1.807, 2.05) is 42.5 Å². The minimum absolute atomic E-state index is 0.241. The van der Waals surface area contributed by atoms with Gasteiger partial charge in [-0.05, 0) is 12.1 Å². The van der Waals surface area contributed by atoms with E-state index in [1.54, 1.807) is 36.1 Å². The Balaban J connectivity index is 1.58. The molecule has 0 bridgehead atoms. The Morgan fingerprint density at radius 1 is 1.07 bits per heavy atom. The van der Waals surface area contributed by atoms with E-state index < -0.39 is 0 Å². The van der Waals surface area contributed by atoms with Crippen LogP contribution in [0.5, 0.6) is 0 Å². The number of aromatic nitrogens is 3. The molecule has 1 amide bonds. The topological polar surface area (TPSA) is 73.0 Å². The second kappa shape index (κ2) is 7.70. The average Bonchev–Trinajstić information content (AvgIpc) is 3.35. The largest absolute Gasteiger partial charge is 0.436 e. The van der Waals surface area contributed by atoms with Crippen molar-refractivity contribution < 1.29 is 9.21 Å².